The van der Waals surface area contributed by atoms with Crippen molar-refractivity contribution >= 4 is 16.4 Å². The van der Waals surface area contributed by atoms with Crippen molar-refractivity contribution in [2.45, 2.75) is 39.5 Å². The highest BCUT2D eigenvalue weighted by molar-refractivity contribution is 7.90. The lowest BCUT2D eigenvalue weighted by molar-refractivity contribution is 0.593. The van der Waals surface area contributed by atoms with Crippen molar-refractivity contribution in [2.75, 3.05) is 14.1 Å². The second kappa shape index (κ2) is 5.33. The van der Waals surface area contributed by atoms with Gasteiger partial charge in [-0.3, -0.25) is 0 Å². The Kier molecular flexibility index (Phi) is 4.40. The van der Waals surface area contributed by atoms with Crippen LogP contribution in [0, 0.1) is 34.6 Å². The molecule has 4 nitrogen and oxygen atoms in total. The summed E-state index contributed by atoms with van der Waals surface area (Å²) in [5.74, 6) is 0. The fraction of sp³-hybridized carbons (Fsp3) is 0.500. The van der Waals surface area contributed by atoms with Gasteiger partial charge in [0.25, 0.3) is 10.0 Å². The highest BCUT2D eigenvalue weighted by atomic mass is 32.2. The average molecular weight is 282 g/mol. The Morgan fingerprint density at radius 3 is 1.58 bits per heavy atom. The van der Waals surface area contributed by atoms with Gasteiger partial charge in [0.1, 0.15) is 6.34 Å². The Morgan fingerprint density at radius 1 is 0.842 bits per heavy atom. The zero-order valence-electron chi connectivity index (χ0n) is 12.7. The fourth-order valence-electron chi connectivity index (χ4n) is 2.06. The van der Waals surface area contributed by atoms with Crippen LogP contribution in [0.3, 0.4) is 0 Å². The van der Waals surface area contributed by atoms with Gasteiger partial charge in [-0.2, -0.15) is 8.42 Å². The molecule has 106 valence electrons. The van der Waals surface area contributed by atoms with E-state index in [0.717, 1.165) is 27.8 Å². The van der Waals surface area contributed by atoms with Crippen LogP contribution in [0.25, 0.3) is 0 Å². The third-order valence-corrected chi connectivity index (χ3v) is 5.11. The summed E-state index contributed by atoms with van der Waals surface area (Å²) in [6, 6.07) is 0. The Morgan fingerprint density at radius 2 is 1.21 bits per heavy atom. The lowest BCUT2D eigenvalue weighted by atomic mass is 9.95. The third-order valence-electron chi connectivity index (χ3n) is 3.61. The van der Waals surface area contributed by atoms with Gasteiger partial charge in [-0.1, -0.05) is 0 Å². The van der Waals surface area contributed by atoms with Crippen molar-refractivity contribution < 1.29 is 8.42 Å². The third kappa shape index (κ3) is 2.97. The smallest absolute Gasteiger partial charge is 0.284 e. The van der Waals surface area contributed by atoms with Gasteiger partial charge in [-0.25, -0.2) is 0 Å². The van der Waals surface area contributed by atoms with Crippen molar-refractivity contribution in [3.63, 3.8) is 0 Å². The summed E-state index contributed by atoms with van der Waals surface area (Å²) < 4.78 is 28.5. The van der Waals surface area contributed by atoms with Gasteiger partial charge in [0.2, 0.25) is 0 Å². The molecule has 0 spiro atoms. The molecule has 0 aromatic heterocycles. The van der Waals surface area contributed by atoms with E-state index in [1.807, 2.05) is 34.6 Å². The van der Waals surface area contributed by atoms with E-state index in [0.29, 0.717) is 4.90 Å². The molecule has 0 heterocycles. The first-order chi connectivity index (χ1) is 8.59. The van der Waals surface area contributed by atoms with Crippen LogP contribution in [0.4, 0.5) is 0 Å². The van der Waals surface area contributed by atoms with Gasteiger partial charge in [0.15, 0.2) is 0 Å². The molecule has 1 rings (SSSR count). The molecule has 0 atom stereocenters. The first kappa shape index (κ1) is 15.7. The molecular weight excluding hydrogens is 260 g/mol. The SMILES string of the molecule is Cc1c(C)c(C)c(S(=O)(=O)N=CN(C)C)c(C)c1C. The predicted octanol–water partition coefficient (Wildman–Crippen LogP) is 2.51. The van der Waals surface area contributed by atoms with E-state index in [1.165, 1.54) is 6.34 Å². The highest BCUT2D eigenvalue weighted by Gasteiger charge is 2.22. The predicted molar refractivity (Wildman–Crippen MR) is 79.5 cm³/mol. The summed E-state index contributed by atoms with van der Waals surface area (Å²) in [4.78, 5) is 1.95. The average Bonchev–Trinajstić information content (AvgIpc) is 2.31. The minimum absolute atomic E-state index is 0.339. The molecular formula is C14H22N2O2S. The van der Waals surface area contributed by atoms with Crippen LogP contribution in [0.2, 0.25) is 0 Å². The fourth-order valence-corrected chi connectivity index (χ4v) is 3.56. The van der Waals surface area contributed by atoms with E-state index >= 15 is 0 Å². The van der Waals surface area contributed by atoms with Crippen LogP contribution >= 0.6 is 0 Å². The lowest BCUT2D eigenvalue weighted by Crippen LogP contribution is -2.12. The van der Waals surface area contributed by atoms with Gasteiger partial charge < -0.3 is 4.90 Å². The Hall–Kier alpha value is -1.36. The maximum Gasteiger partial charge on any atom is 0.284 e. The minimum atomic E-state index is -3.65. The number of benzene rings is 1. The lowest BCUT2D eigenvalue weighted by Gasteiger charge is -2.17. The highest BCUT2D eigenvalue weighted by Crippen LogP contribution is 2.30. The number of hydrogen-bond donors (Lipinski definition) is 0. The van der Waals surface area contributed by atoms with Gasteiger partial charge in [0, 0.05) is 14.1 Å². The molecule has 0 unspecified atom stereocenters. The van der Waals surface area contributed by atoms with E-state index in [4.69, 9.17) is 0 Å². The molecule has 0 N–H and O–H groups in total. The van der Waals surface area contributed by atoms with Crippen LogP contribution in [0.15, 0.2) is 9.29 Å². The molecule has 0 aliphatic rings. The molecule has 0 aliphatic carbocycles. The van der Waals surface area contributed by atoms with Crippen molar-refractivity contribution in [1.82, 2.24) is 4.90 Å². The molecule has 0 aliphatic heterocycles. The van der Waals surface area contributed by atoms with Gasteiger partial charge in [-0.15, -0.1) is 4.40 Å². The summed E-state index contributed by atoms with van der Waals surface area (Å²) in [6.45, 7) is 9.60. The largest absolute Gasteiger partial charge is 0.368 e. The Balaban J connectivity index is 3.61. The van der Waals surface area contributed by atoms with Gasteiger partial charge >= 0.3 is 0 Å². The van der Waals surface area contributed by atoms with Crippen LogP contribution in [0.5, 0.6) is 0 Å². The van der Waals surface area contributed by atoms with Crippen LogP contribution in [0.1, 0.15) is 27.8 Å². The van der Waals surface area contributed by atoms with Crippen molar-refractivity contribution in [3.8, 4) is 0 Å². The molecule has 1 aromatic carbocycles. The molecule has 1 aromatic rings. The van der Waals surface area contributed by atoms with Crippen LogP contribution in [-0.2, 0) is 10.0 Å². The standard InChI is InChI=1S/C14H22N2O2S/c1-9-10(2)12(4)14(13(5)11(9)3)19(17,18)15-8-16(6)7/h8H,1-7H3. The van der Waals surface area contributed by atoms with Crippen LogP contribution in [-0.4, -0.2) is 33.8 Å². The summed E-state index contributed by atoms with van der Waals surface area (Å²) in [7, 11) is -0.170. The molecule has 19 heavy (non-hydrogen) atoms. The van der Waals surface area contributed by atoms with E-state index in [1.54, 1.807) is 19.0 Å². The second-order valence-corrected chi connectivity index (χ2v) is 6.68. The molecule has 0 saturated heterocycles. The molecule has 0 amide bonds. The van der Waals surface area contributed by atoms with Gasteiger partial charge in [0.05, 0.1) is 4.90 Å². The molecule has 0 saturated carbocycles. The number of rotatable bonds is 3. The second-order valence-electron chi connectivity index (χ2n) is 5.11. The summed E-state index contributed by atoms with van der Waals surface area (Å²) in [6.07, 6.45) is 1.32. The first-order valence-electron chi connectivity index (χ1n) is 6.13. The van der Waals surface area contributed by atoms with E-state index in [-0.39, 0.29) is 0 Å². The monoisotopic (exact) mass is 282 g/mol. The zero-order chi connectivity index (χ0) is 15.0. The van der Waals surface area contributed by atoms with E-state index < -0.39 is 10.0 Å². The molecule has 0 fully saturated rings. The molecule has 5 heteroatoms. The van der Waals surface area contributed by atoms with E-state index in [2.05, 4.69) is 4.40 Å². The number of nitrogens with zero attached hydrogens (tertiary/aromatic N) is 2. The summed E-state index contributed by atoms with van der Waals surface area (Å²) in [5, 5.41) is 0. The zero-order valence-corrected chi connectivity index (χ0v) is 13.5. The van der Waals surface area contributed by atoms with Crippen LogP contribution < -0.4 is 0 Å². The normalized spacial score (nSPS) is 12.2. The number of hydrogen-bond acceptors (Lipinski definition) is 2. The maximum atomic E-state index is 12.4. The minimum Gasteiger partial charge on any atom is -0.368 e. The van der Waals surface area contributed by atoms with E-state index in [9.17, 15) is 8.42 Å². The Bertz CT molecular complexity index is 600. The van der Waals surface area contributed by atoms with Crippen molar-refractivity contribution in [1.29, 1.82) is 0 Å². The first-order valence-corrected chi connectivity index (χ1v) is 7.57. The quantitative estimate of drug-likeness (QED) is 0.632. The molecule has 0 bridgehead atoms. The topological polar surface area (TPSA) is 49.7 Å². The number of sulfonamides is 1. The summed E-state index contributed by atoms with van der Waals surface area (Å²) in [5.41, 5.74) is 4.75. The molecule has 0 radical (unpaired) electrons. The maximum absolute atomic E-state index is 12.4. The Labute approximate surface area is 116 Å². The summed E-state index contributed by atoms with van der Waals surface area (Å²) >= 11 is 0. The van der Waals surface area contributed by atoms with Crippen molar-refractivity contribution in [2.24, 2.45) is 4.40 Å². The van der Waals surface area contributed by atoms with Gasteiger partial charge in [-0.05, 0) is 62.4 Å². The van der Waals surface area contributed by atoms with Crippen molar-refractivity contribution in [3.05, 3.63) is 27.8 Å².